The molecule has 3 rings (SSSR count). The third-order valence-corrected chi connectivity index (χ3v) is 3.73. The van der Waals surface area contributed by atoms with Crippen LogP contribution in [0.2, 0.25) is 0 Å². The van der Waals surface area contributed by atoms with E-state index in [-0.39, 0.29) is 11.8 Å². The number of nitrogens with zero attached hydrogens (tertiary/aromatic N) is 4. The normalized spacial score (nSPS) is 19.1. The van der Waals surface area contributed by atoms with Crippen molar-refractivity contribution in [1.29, 1.82) is 0 Å². The lowest BCUT2D eigenvalue weighted by Gasteiger charge is -2.31. The van der Waals surface area contributed by atoms with Gasteiger partial charge in [-0.25, -0.2) is 0 Å². The summed E-state index contributed by atoms with van der Waals surface area (Å²) in [5, 5.41) is 6.77. The first-order valence-corrected chi connectivity index (χ1v) is 6.81. The van der Waals surface area contributed by atoms with Gasteiger partial charge in [-0.3, -0.25) is 19.9 Å². The van der Waals surface area contributed by atoms with Crippen molar-refractivity contribution in [1.82, 2.24) is 25.1 Å². The van der Waals surface area contributed by atoms with Crippen molar-refractivity contribution in [3.05, 3.63) is 30.4 Å². The molecule has 1 N–H and O–H groups in total. The standard InChI is InChI=1S/C14H17N5O/c1-10(20)19-6-2-3-11(9-19)13-7-16-14(8-15-13)12-4-5-17-18-12/h4-5,7-8,11H,2-3,6,9H2,1H3,(H,17,18)/t11-/m0/s1. The Morgan fingerprint density at radius 2 is 2.30 bits per heavy atom. The molecule has 1 aliphatic rings. The van der Waals surface area contributed by atoms with E-state index in [1.165, 1.54) is 0 Å². The summed E-state index contributed by atoms with van der Waals surface area (Å²) >= 11 is 0. The molecule has 0 saturated carbocycles. The molecule has 6 heteroatoms. The lowest BCUT2D eigenvalue weighted by atomic mass is 9.95. The van der Waals surface area contributed by atoms with Crippen LogP contribution in [0.3, 0.4) is 0 Å². The van der Waals surface area contributed by atoms with Gasteiger partial charge in [-0.2, -0.15) is 5.10 Å². The molecule has 6 nitrogen and oxygen atoms in total. The van der Waals surface area contributed by atoms with Gasteiger partial charge in [-0.15, -0.1) is 0 Å². The van der Waals surface area contributed by atoms with Gasteiger partial charge < -0.3 is 4.90 Å². The maximum absolute atomic E-state index is 11.5. The van der Waals surface area contributed by atoms with Crippen LogP contribution in [0.15, 0.2) is 24.7 Å². The number of nitrogens with one attached hydrogen (secondary N) is 1. The van der Waals surface area contributed by atoms with Crippen LogP contribution < -0.4 is 0 Å². The predicted molar refractivity (Wildman–Crippen MR) is 73.8 cm³/mol. The van der Waals surface area contributed by atoms with Crippen LogP contribution in [0, 0.1) is 0 Å². The fraction of sp³-hybridized carbons (Fsp3) is 0.429. The van der Waals surface area contributed by atoms with E-state index in [1.54, 1.807) is 19.3 Å². The van der Waals surface area contributed by atoms with E-state index in [4.69, 9.17) is 0 Å². The minimum Gasteiger partial charge on any atom is -0.342 e. The maximum atomic E-state index is 11.5. The quantitative estimate of drug-likeness (QED) is 0.900. The number of hydrogen-bond donors (Lipinski definition) is 1. The van der Waals surface area contributed by atoms with Gasteiger partial charge in [0.15, 0.2) is 0 Å². The molecule has 2 aromatic heterocycles. The molecule has 3 heterocycles. The van der Waals surface area contributed by atoms with Crippen molar-refractivity contribution in [2.75, 3.05) is 13.1 Å². The number of piperidine rings is 1. The van der Waals surface area contributed by atoms with E-state index in [0.717, 1.165) is 43.0 Å². The SMILES string of the molecule is CC(=O)N1CCC[C@H](c2cnc(-c3ccn[nH]3)cn2)C1. The highest BCUT2D eigenvalue weighted by Gasteiger charge is 2.24. The summed E-state index contributed by atoms with van der Waals surface area (Å²) in [6.07, 6.45) is 7.34. The molecular formula is C14H17N5O. The summed E-state index contributed by atoms with van der Waals surface area (Å²) in [5.74, 6) is 0.424. The maximum Gasteiger partial charge on any atom is 0.219 e. The molecule has 1 atom stereocenters. The molecule has 1 fully saturated rings. The molecule has 0 radical (unpaired) electrons. The fourth-order valence-corrected chi connectivity index (χ4v) is 2.59. The Morgan fingerprint density at radius 1 is 1.40 bits per heavy atom. The van der Waals surface area contributed by atoms with E-state index in [2.05, 4.69) is 20.2 Å². The largest absolute Gasteiger partial charge is 0.342 e. The van der Waals surface area contributed by atoms with E-state index in [1.807, 2.05) is 17.2 Å². The van der Waals surface area contributed by atoms with Gasteiger partial charge in [0.25, 0.3) is 0 Å². The number of rotatable bonds is 2. The minimum absolute atomic E-state index is 0.136. The molecular weight excluding hydrogens is 254 g/mol. The van der Waals surface area contributed by atoms with Crippen molar-refractivity contribution in [3.8, 4) is 11.4 Å². The van der Waals surface area contributed by atoms with Crippen LogP contribution in [0.25, 0.3) is 11.4 Å². The number of aromatic nitrogens is 4. The summed E-state index contributed by atoms with van der Waals surface area (Å²) in [4.78, 5) is 22.3. The average Bonchev–Trinajstić information content (AvgIpc) is 3.02. The Bertz CT molecular complexity index is 578. The first kappa shape index (κ1) is 12.8. The lowest BCUT2D eigenvalue weighted by Crippen LogP contribution is -2.37. The summed E-state index contributed by atoms with van der Waals surface area (Å²) in [6, 6.07) is 1.86. The number of amides is 1. The molecule has 1 aliphatic heterocycles. The van der Waals surface area contributed by atoms with Gasteiger partial charge >= 0.3 is 0 Å². The molecule has 2 aromatic rings. The number of H-pyrrole nitrogens is 1. The van der Waals surface area contributed by atoms with Crippen molar-refractivity contribution >= 4 is 5.91 Å². The van der Waals surface area contributed by atoms with Crippen molar-refractivity contribution in [2.45, 2.75) is 25.7 Å². The summed E-state index contributed by atoms with van der Waals surface area (Å²) < 4.78 is 0. The molecule has 0 bridgehead atoms. The van der Waals surface area contributed by atoms with Gasteiger partial charge in [-0.05, 0) is 18.9 Å². The minimum atomic E-state index is 0.136. The van der Waals surface area contributed by atoms with Gasteiger partial charge in [0.05, 0.1) is 17.6 Å². The molecule has 1 amide bonds. The number of carbonyl (C=O) groups is 1. The molecule has 104 valence electrons. The highest BCUT2D eigenvalue weighted by atomic mass is 16.2. The third-order valence-electron chi connectivity index (χ3n) is 3.73. The second-order valence-corrected chi connectivity index (χ2v) is 5.10. The summed E-state index contributed by atoms with van der Waals surface area (Å²) in [6.45, 7) is 3.22. The zero-order valence-electron chi connectivity index (χ0n) is 11.4. The zero-order chi connectivity index (χ0) is 13.9. The Balaban J connectivity index is 1.76. The molecule has 0 aliphatic carbocycles. The van der Waals surface area contributed by atoms with Crippen LogP contribution in [-0.4, -0.2) is 44.1 Å². The monoisotopic (exact) mass is 271 g/mol. The first-order chi connectivity index (χ1) is 9.74. The highest BCUT2D eigenvalue weighted by Crippen LogP contribution is 2.25. The van der Waals surface area contributed by atoms with Crippen LogP contribution in [0.1, 0.15) is 31.4 Å². The second kappa shape index (κ2) is 5.40. The van der Waals surface area contributed by atoms with Gasteiger partial charge in [0, 0.05) is 38.3 Å². The Kier molecular flexibility index (Phi) is 3.45. The highest BCUT2D eigenvalue weighted by molar-refractivity contribution is 5.73. The van der Waals surface area contributed by atoms with Crippen LogP contribution in [0.4, 0.5) is 0 Å². The molecule has 20 heavy (non-hydrogen) atoms. The van der Waals surface area contributed by atoms with E-state index < -0.39 is 0 Å². The van der Waals surface area contributed by atoms with Crippen molar-refractivity contribution in [2.24, 2.45) is 0 Å². The van der Waals surface area contributed by atoms with Crippen molar-refractivity contribution < 1.29 is 4.79 Å². The van der Waals surface area contributed by atoms with Crippen LogP contribution >= 0.6 is 0 Å². The average molecular weight is 271 g/mol. The number of carbonyl (C=O) groups excluding carboxylic acids is 1. The zero-order valence-corrected chi connectivity index (χ0v) is 11.4. The summed E-state index contributed by atoms with van der Waals surface area (Å²) in [5.41, 5.74) is 2.60. The first-order valence-electron chi connectivity index (χ1n) is 6.81. The Morgan fingerprint density at radius 3 is 2.95 bits per heavy atom. The summed E-state index contributed by atoms with van der Waals surface area (Å²) in [7, 11) is 0. The van der Waals surface area contributed by atoms with E-state index in [9.17, 15) is 4.79 Å². The van der Waals surface area contributed by atoms with Crippen LogP contribution in [0.5, 0.6) is 0 Å². The second-order valence-electron chi connectivity index (χ2n) is 5.10. The molecule has 0 spiro atoms. The van der Waals surface area contributed by atoms with Crippen LogP contribution in [-0.2, 0) is 4.79 Å². The van der Waals surface area contributed by atoms with E-state index >= 15 is 0 Å². The third kappa shape index (κ3) is 2.54. The smallest absolute Gasteiger partial charge is 0.219 e. The van der Waals surface area contributed by atoms with E-state index in [0.29, 0.717) is 0 Å². The molecule has 0 unspecified atom stereocenters. The lowest BCUT2D eigenvalue weighted by molar-refractivity contribution is -0.130. The predicted octanol–water partition coefficient (Wildman–Crippen LogP) is 1.59. The van der Waals surface area contributed by atoms with Gasteiger partial charge in [0.1, 0.15) is 5.69 Å². The van der Waals surface area contributed by atoms with Gasteiger partial charge in [-0.1, -0.05) is 0 Å². The number of hydrogen-bond acceptors (Lipinski definition) is 4. The topological polar surface area (TPSA) is 74.8 Å². The fourth-order valence-electron chi connectivity index (χ4n) is 2.59. The number of likely N-dealkylation sites (tertiary alicyclic amines) is 1. The number of aromatic amines is 1. The molecule has 0 aromatic carbocycles. The van der Waals surface area contributed by atoms with Gasteiger partial charge in [0.2, 0.25) is 5.91 Å². The Labute approximate surface area is 117 Å². The van der Waals surface area contributed by atoms with Crippen molar-refractivity contribution in [3.63, 3.8) is 0 Å². The Hall–Kier alpha value is -2.24. The molecule has 1 saturated heterocycles.